The van der Waals surface area contributed by atoms with Crippen molar-refractivity contribution in [1.82, 2.24) is 4.98 Å². The maximum atomic E-state index is 12.2. The molecule has 0 saturated carbocycles. The zero-order valence-corrected chi connectivity index (χ0v) is 10.4. The van der Waals surface area contributed by atoms with Crippen molar-refractivity contribution in [2.45, 2.75) is 26.3 Å². The molecule has 1 rings (SSSR count). The van der Waals surface area contributed by atoms with Crippen molar-refractivity contribution in [3.05, 3.63) is 22.9 Å². The first-order valence-electron chi connectivity index (χ1n) is 5.28. The van der Waals surface area contributed by atoms with Crippen molar-refractivity contribution in [3.8, 4) is 5.88 Å². The fourth-order valence-electron chi connectivity index (χ4n) is 1.55. The number of nitrogens with zero attached hydrogens (tertiary/aromatic N) is 1. The van der Waals surface area contributed by atoms with Gasteiger partial charge in [-0.1, -0.05) is 0 Å². The quantitative estimate of drug-likeness (QED) is 0.844. The fraction of sp³-hybridized carbons (Fsp3) is 0.455. The maximum absolute atomic E-state index is 12.2. The highest BCUT2D eigenvalue weighted by Crippen LogP contribution is 2.28. The highest BCUT2D eigenvalue weighted by atomic mass is 19.4. The Hall–Kier alpha value is -1.83. The van der Waals surface area contributed by atoms with Gasteiger partial charge in [-0.3, -0.25) is 4.79 Å². The summed E-state index contributed by atoms with van der Waals surface area (Å²) >= 11 is 0. The molecule has 0 saturated heterocycles. The molecule has 1 heterocycles. The van der Waals surface area contributed by atoms with Gasteiger partial charge in [0.1, 0.15) is 0 Å². The van der Waals surface area contributed by atoms with Gasteiger partial charge < -0.3 is 15.2 Å². The molecular formula is C11H13F3N2O3. The number of ether oxygens (including phenoxy) is 2. The topological polar surface area (TPSA) is 74.4 Å². The number of carbonyl (C=O) groups excluding carboxylic acids is 1. The molecule has 0 amide bonds. The third-order valence-electron chi connectivity index (χ3n) is 2.44. The van der Waals surface area contributed by atoms with Gasteiger partial charge in [-0.15, -0.1) is 13.2 Å². The van der Waals surface area contributed by atoms with E-state index in [0.717, 1.165) is 0 Å². The lowest BCUT2D eigenvalue weighted by molar-refractivity contribution is -0.276. The smallest absolute Gasteiger partial charge is 0.469 e. The summed E-state index contributed by atoms with van der Waals surface area (Å²) in [5, 5.41) is 0. The molecule has 0 aliphatic rings. The lowest BCUT2D eigenvalue weighted by Gasteiger charge is -2.16. The van der Waals surface area contributed by atoms with Gasteiger partial charge in [0.05, 0.1) is 13.5 Å². The summed E-state index contributed by atoms with van der Waals surface area (Å²) in [6.07, 6.45) is -3.86. The Labute approximate surface area is 107 Å². The number of alkyl halides is 3. The van der Waals surface area contributed by atoms with Crippen molar-refractivity contribution >= 4 is 5.97 Å². The van der Waals surface area contributed by atoms with E-state index >= 15 is 0 Å². The largest absolute Gasteiger partial charge is 0.574 e. The number of esters is 1. The van der Waals surface area contributed by atoms with E-state index in [1.54, 1.807) is 6.92 Å². The van der Waals surface area contributed by atoms with Gasteiger partial charge in [0.2, 0.25) is 5.88 Å². The van der Waals surface area contributed by atoms with Crippen LogP contribution in [0.2, 0.25) is 0 Å². The molecule has 0 aliphatic heterocycles. The Morgan fingerprint density at radius 3 is 2.53 bits per heavy atom. The van der Waals surface area contributed by atoms with E-state index < -0.39 is 18.2 Å². The molecule has 2 N–H and O–H groups in total. The highest BCUT2D eigenvalue weighted by Gasteiger charge is 2.33. The number of pyridine rings is 1. The van der Waals surface area contributed by atoms with Crippen molar-refractivity contribution in [1.29, 1.82) is 0 Å². The lowest BCUT2D eigenvalue weighted by atomic mass is 10.0. The number of carbonyl (C=O) groups is 1. The fourth-order valence-corrected chi connectivity index (χ4v) is 1.55. The molecule has 0 aliphatic carbocycles. The average molecular weight is 278 g/mol. The van der Waals surface area contributed by atoms with Gasteiger partial charge in [-0.2, -0.15) is 0 Å². The maximum Gasteiger partial charge on any atom is 0.574 e. The number of nitrogens with two attached hydrogens (primary N) is 1. The van der Waals surface area contributed by atoms with Crippen molar-refractivity contribution in [2.75, 3.05) is 7.11 Å². The summed E-state index contributed by atoms with van der Waals surface area (Å²) < 4.78 is 44.9. The van der Waals surface area contributed by atoms with Crippen LogP contribution in [0.4, 0.5) is 13.2 Å². The summed E-state index contributed by atoms with van der Waals surface area (Å²) in [4.78, 5) is 14.8. The van der Waals surface area contributed by atoms with E-state index in [4.69, 9.17) is 5.73 Å². The number of hydrogen-bond donors (Lipinski definition) is 1. The molecule has 8 heteroatoms. The molecule has 0 bridgehead atoms. The van der Waals surface area contributed by atoms with Crippen LogP contribution in [0.15, 0.2) is 6.20 Å². The van der Waals surface area contributed by atoms with E-state index in [1.807, 2.05) is 0 Å². The molecule has 19 heavy (non-hydrogen) atoms. The van der Waals surface area contributed by atoms with Crippen molar-refractivity contribution in [3.63, 3.8) is 0 Å². The minimum Gasteiger partial charge on any atom is -0.469 e. The van der Waals surface area contributed by atoms with Gasteiger partial charge in [-0.25, -0.2) is 4.98 Å². The van der Waals surface area contributed by atoms with Crippen LogP contribution in [0.5, 0.6) is 5.88 Å². The van der Waals surface area contributed by atoms with E-state index in [-0.39, 0.29) is 18.5 Å². The van der Waals surface area contributed by atoms with Gasteiger partial charge in [0.15, 0.2) is 0 Å². The van der Waals surface area contributed by atoms with E-state index in [1.165, 1.54) is 13.3 Å². The summed E-state index contributed by atoms with van der Waals surface area (Å²) in [7, 11) is 1.19. The van der Waals surface area contributed by atoms with Gasteiger partial charge >= 0.3 is 12.3 Å². The standard InChI is InChI=1S/C11H13F3N2O3/c1-6-5-16-10(19-11(12,13)14)8(4-15)7(6)3-9(17)18-2/h5H,3-4,15H2,1-2H3. The number of aromatic nitrogens is 1. The Bertz CT molecular complexity index is 475. The molecular weight excluding hydrogens is 265 g/mol. The average Bonchev–Trinajstić information content (AvgIpc) is 2.31. The normalized spacial score (nSPS) is 11.3. The van der Waals surface area contributed by atoms with Crippen LogP contribution in [-0.4, -0.2) is 24.4 Å². The molecule has 1 aromatic heterocycles. The molecule has 106 valence electrons. The van der Waals surface area contributed by atoms with Gasteiger partial charge in [-0.05, 0) is 18.1 Å². The number of methoxy groups -OCH3 is 1. The molecule has 0 spiro atoms. The molecule has 5 nitrogen and oxygen atoms in total. The number of rotatable bonds is 4. The first-order chi connectivity index (χ1) is 8.78. The molecule has 0 aromatic carbocycles. The second-order valence-electron chi connectivity index (χ2n) is 3.71. The zero-order chi connectivity index (χ0) is 14.6. The van der Waals surface area contributed by atoms with Crippen molar-refractivity contribution < 1.29 is 27.4 Å². The first-order valence-corrected chi connectivity index (χ1v) is 5.28. The predicted octanol–water partition coefficient (Wildman–Crippen LogP) is 1.46. The third kappa shape index (κ3) is 4.09. The Kier molecular flexibility index (Phi) is 4.71. The Morgan fingerprint density at radius 2 is 2.05 bits per heavy atom. The highest BCUT2D eigenvalue weighted by molar-refractivity contribution is 5.73. The van der Waals surface area contributed by atoms with Crippen LogP contribution in [0.3, 0.4) is 0 Å². The van der Waals surface area contributed by atoms with Crippen LogP contribution in [0.1, 0.15) is 16.7 Å². The van der Waals surface area contributed by atoms with Crippen molar-refractivity contribution in [2.24, 2.45) is 5.73 Å². The Balaban J connectivity index is 3.21. The molecule has 0 fully saturated rings. The Morgan fingerprint density at radius 1 is 1.42 bits per heavy atom. The van der Waals surface area contributed by atoms with Gasteiger partial charge in [0, 0.05) is 18.3 Å². The minimum atomic E-state index is -4.87. The van der Waals surface area contributed by atoms with Crippen LogP contribution >= 0.6 is 0 Å². The SMILES string of the molecule is COC(=O)Cc1c(C)cnc(OC(F)(F)F)c1CN. The monoisotopic (exact) mass is 278 g/mol. The van der Waals surface area contributed by atoms with Crippen LogP contribution in [-0.2, 0) is 22.5 Å². The summed E-state index contributed by atoms with van der Waals surface area (Å²) in [6, 6.07) is 0. The predicted molar refractivity (Wildman–Crippen MR) is 59.3 cm³/mol. The lowest BCUT2D eigenvalue weighted by Crippen LogP contribution is -2.21. The molecule has 0 atom stereocenters. The summed E-state index contributed by atoms with van der Waals surface area (Å²) in [5.41, 5.74) is 6.34. The van der Waals surface area contributed by atoms with E-state index in [0.29, 0.717) is 11.1 Å². The molecule has 0 radical (unpaired) electrons. The number of aryl methyl sites for hydroxylation is 1. The van der Waals surface area contributed by atoms with E-state index in [2.05, 4.69) is 14.5 Å². The van der Waals surface area contributed by atoms with Crippen LogP contribution in [0.25, 0.3) is 0 Å². The summed E-state index contributed by atoms with van der Waals surface area (Å²) in [5.74, 6) is -1.22. The van der Waals surface area contributed by atoms with Crippen LogP contribution in [0, 0.1) is 6.92 Å². The van der Waals surface area contributed by atoms with E-state index in [9.17, 15) is 18.0 Å². The molecule has 1 aromatic rings. The van der Waals surface area contributed by atoms with Crippen LogP contribution < -0.4 is 10.5 Å². The number of hydrogen-bond acceptors (Lipinski definition) is 5. The molecule has 0 unspecified atom stereocenters. The van der Waals surface area contributed by atoms with Gasteiger partial charge in [0.25, 0.3) is 0 Å². The zero-order valence-electron chi connectivity index (χ0n) is 10.4. The first kappa shape index (κ1) is 15.2. The summed E-state index contributed by atoms with van der Waals surface area (Å²) in [6.45, 7) is 1.38. The second kappa shape index (κ2) is 5.87. The second-order valence-corrected chi connectivity index (χ2v) is 3.71. The minimum absolute atomic E-state index is 0.0442. The third-order valence-corrected chi connectivity index (χ3v) is 2.44. The number of halogens is 3.